The zero-order valence-electron chi connectivity index (χ0n) is 17.7. The first-order valence-corrected chi connectivity index (χ1v) is 10.2. The Balaban J connectivity index is 2.02. The van der Waals surface area contributed by atoms with Gasteiger partial charge in [0.05, 0.1) is 12.0 Å². The molecule has 2 aromatic carbocycles. The van der Waals surface area contributed by atoms with Crippen molar-refractivity contribution in [2.45, 2.75) is 25.9 Å². The number of hydrogen-bond acceptors (Lipinski definition) is 4. The first kappa shape index (κ1) is 23.7. The second-order valence-corrected chi connectivity index (χ2v) is 8.57. The zero-order valence-corrected chi connectivity index (χ0v) is 18.4. The van der Waals surface area contributed by atoms with Gasteiger partial charge < -0.3 is 14.6 Å². The van der Waals surface area contributed by atoms with Crippen LogP contribution in [0.4, 0.5) is 8.78 Å². The first-order chi connectivity index (χ1) is 15.0. The third-order valence-corrected chi connectivity index (χ3v) is 6.55. The minimum absolute atomic E-state index is 0.405. The van der Waals surface area contributed by atoms with Gasteiger partial charge in [0.15, 0.2) is 0 Å². The molecule has 32 heavy (non-hydrogen) atoms. The quantitative estimate of drug-likeness (QED) is 0.508. The maximum atomic E-state index is 13.9. The van der Waals surface area contributed by atoms with E-state index in [1.165, 1.54) is 0 Å². The predicted octanol–water partition coefficient (Wildman–Crippen LogP) is 6.17. The van der Waals surface area contributed by atoms with Crippen molar-refractivity contribution in [3.8, 4) is 17.6 Å². The molecule has 3 unspecified atom stereocenters. The van der Waals surface area contributed by atoms with Crippen molar-refractivity contribution in [1.82, 2.24) is 0 Å². The molecule has 1 saturated carbocycles. The maximum Gasteiger partial charge on any atom is 0.393 e. The number of hydrogen-bond donors (Lipinski definition) is 1. The van der Waals surface area contributed by atoms with Crippen LogP contribution in [0.25, 0.3) is 0 Å². The van der Waals surface area contributed by atoms with Crippen molar-refractivity contribution >= 4 is 17.6 Å². The fourth-order valence-corrected chi connectivity index (χ4v) is 4.63. The number of para-hydroxylation sites is 1. The number of methoxy groups -OCH3 is 1. The van der Waals surface area contributed by atoms with Crippen molar-refractivity contribution in [2.75, 3.05) is 7.11 Å². The first-order valence-electron chi connectivity index (χ1n) is 9.79. The number of halogens is 3. The van der Waals surface area contributed by atoms with Gasteiger partial charge in [0.2, 0.25) is 0 Å². The molecular formula is C24H22ClF2NO4. The van der Waals surface area contributed by atoms with Gasteiger partial charge in [0, 0.05) is 13.0 Å². The SMILES string of the molecule is COC(F)(F)C(Cl)=CC1C(C)(C)C1(C(=O)O)C(C#N)c1cccc(Oc2ccccc2)c1. The summed E-state index contributed by atoms with van der Waals surface area (Å²) in [6, 6.07) is 17.6. The van der Waals surface area contributed by atoms with E-state index in [0.29, 0.717) is 17.1 Å². The maximum absolute atomic E-state index is 13.9. The van der Waals surface area contributed by atoms with Crippen molar-refractivity contribution < 1.29 is 28.2 Å². The molecule has 3 atom stereocenters. The monoisotopic (exact) mass is 461 g/mol. The Morgan fingerprint density at radius 1 is 1.22 bits per heavy atom. The molecule has 0 bridgehead atoms. The van der Waals surface area contributed by atoms with E-state index in [4.69, 9.17) is 16.3 Å². The number of nitrogens with zero attached hydrogens (tertiary/aromatic N) is 1. The Kier molecular flexibility index (Phi) is 6.32. The molecule has 0 amide bonds. The Morgan fingerprint density at radius 2 is 1.84 bits per heavy atom. The van der Waals surface area contributed by atoms with E-state index >= 15 is 0 Å². The van der Waals surface area contributed by atoms with Gasteiger partial charge in [-0.2, -0.15) is 14.0 Å². The topological polar surface area (TPSA) is 79.5 Å². The molecule has 168 valence electrons. The summed E-state index contributed by atoms with van der Waals surface area (Å²) in [7, 11) is 0.801. The summed E-state index contributed by atoms with van der Waals surface area (Å²) in [5, 5.41) is 19.3. The molecule has 0 heterocycles. The Morgan fingerprint density at radius 3 is 2.41 bits per heavy atom. The van der Waals surface area contributed by atoms with Crippen molar-refractivity contribution in [3.63, 3.8) is 0 Å². The fourth-order valence-electron chi connectivity index (χ4n) is 4.42. The highest BCUT2D eigenvalue weighted by molar-refractivity contribution is 6.30. The summed E-state index contributed by atoms with van der Waals surface area (Å²) in [6.07, 6.45) is -2.76. The average molecular weight is 462 g/mol. The van der Waals surface area contributed by atoms with Gasteiger partial charge in [-0.1, -0.05) is 61.9 Å². The van der Waals surface area contributed by atoms with E-state index in [9.17, 15) is 23.9 Å². The number of benzene rings is 2. The largest absolute Gasteiger partial charge is 0.481 e. The van der Waals surface area contributed by atoms with Gasteiger partial charge in [-0.15, -0.1) is 0 Å². The van der Waals surface area contributed by atoms with E-state index in [2.05, 4.69) is 10.8 Å². The Labute approximate surface area is 189 Å². The van der Waals surface area contributed by atoms with E-state index in [0.717, 1.165) is 13.2 Å². The number of carboxylic acids is 1. The number of rotatable bonds is 8. The van der Waals surface area contributed by atoms with Crippen molar-refractivity contribution in [1.29, 1.82) is 5.26 Å². The lowest BCUT2D eigenvalue weighted by atomic mass is 9.78. The van der Waals surface area contributed by atoms with E-state index in [-0.39, 0.29) is 0 Å². The Hall–Kier alpha value is -2.95. The summed E-state index contributed by atoms with van der Waals surface area (Å²) < 4.78 is 37.6. The second kappa shape index (κ2) is 8.53. The van der Waals surface area contributed by atoms with Gasteiger partial charge in [-0.05, 0) is 35.2 Å². The molecular weight excluding hydrogens is 440 g/mol. The molecule has 0 radical (unpaired) electrons. The van der Waals surface area contributed by atoms with Crippen LogP contribution in [-0.2, 0) is 9.53 Å². The normalized spacial score (nSPS) is 23.2. The average Bonchev–Trinajstić information content (AvgIpc) is 3.24. The minimum atomic E-state index is -3.75. The lowest BCUT2D eigenvalue weighted by molar-refractivity contribution is -0.184. The third kappa shape index (κ3) is 3.85. The number of nitriles is 1. The molecule has 0 spiro atoms. The van der Waals surface area contributed by atoms with Gasteiger partial charge >= 0.3 is 12.1 Å². The molecule has 0 saturated heterocycles. The molecule has 0 aromatic heterocycles. The summed E-state index contributed by atoms with van der Waals surface area (Å²) in [6.45, 7) is 3.23. The summed E-state index contributed by atoms with van der Waals surface area (Å²) >= 11 is 5.77. The van der Waals surface area contributed by atoms with Gasteiger partial charge in [0.1, 0.15) is 21.9 Å². The van der Waals surface area contributed by atoms with Crippen LogP contribution in [0.2, 0.25) is 0 Å². The van der Waals surface area contributed by atoms with E-state index in [1.807, 2.05) is 6.07 Å². The summed E-state index contributed by atoms with van der Waals surface area (Å²) in [5.74, 6) is -2.34. The smallest absolute Gasteiger partial charge is 0.393 e. The van der Waals surface area contributed by atoms with Crippen LogP contribution < -0.4 is 4.74 Å². The van der Waals surface area contributed by atoms with Crippen LogP contribution in [0.15, 0.2) is 65.7 Å². The highest BCUT2D eigenvalue weighted by atomic mass is 35.5. The zero-order chi connectivity index (χ0) is 23.7. The number of carbonyl (C=O) groups is 1. The van der Waals surface area contributed by atoms with Gasteiger partial charge in [0.25, 0.3) is 0 Å². The van der Waals surface area contributed by atoms with Crippen molar-refractivity contribution in [2.24, 2.45) is 16.7 Å². The van der Waals surface area contributed by atoms with Gasteiger partial charge in [-0.25, -0.2) is 0 Å². The van der Waals surface area contributed by atoms with E-state index in [1.54, 1.807) is 62.4 Å². The molecule has 1 N–H and O–H groups in total. The van der Waals surface area contributed by atoms with Crippen molar-refractivity contribution in [3.05, 3.63) is 71.3 Å². The minimum Gasteiger partial charge on any atom is -0.481 e. The highest BCUT2D eigenvalue weighted by Gasteiger charge is 2.78. The number of allylic oxidation sites excluding steroid dienone is 1. The number of ether oxygens (including phenoxy) is 2. The molecule has 3 rings (SSSR count). The number of alkyl halides is 2. The number of carboxylic acid groups (broad SMARTS) is 1. The highest BCUT2D eigenvalue weighted by Crippen LogP contribution is 2.75. The summed E-state index contributed by atoms with van der Waals surface area (Å²) in [4.78, 5) is 12.5. The van der Waals surface area contributed by atoms with Crippen LogP contribution in [0, 0.1) is 28.1 Å². The third-order valence-electron chi connectivity index (χ3n) is 6.21. The molecule has 1 fully saturated rings. The van der Waals surface area contributed by atoms with Crippen LogP contribution in [0.1, 0.15) is 25.3 Å². The summed E-state index contributed by atoms with van der Waals surface area (Å²) in [5.41, 5.74) is -2.29. The Bertz CT molecular complexity index is 1080. The molecule has 5 nitrogen and oxygen atoms in total. The van der Waals surface area contributed by atoms with Crippen LogP contribution in [0.5, 0.6) is 11.5 Å². The second-order valence-electron chi connectivity index (χ2n) is 8.16. The lowest BCUT2D eigenvalue weighted by Crippen LogP contribution is -2.29. The lowest BCUT2D eigenvalue weighted by Gasteiger charge is -2.22. The standard InChI is InChI=1S/C24H22ClF2NO4/c1-22(2)19(13-20(25)24(26,27)31-3)23(22,21(29)30)18(14-28)15-8-7-11-17(12-15)32-16-9-5-4-6-10-16/h4-13,18-19H,1-3H3,(H,29,30). The van der Waals surface area contributed by atoms with E-state index < -0.39 is 39.8 Å². The predicted molar refractivity (Wildman–Crippen MR) is 115 cm³/mol. The van der Waals surface area contributed by atoms with Crippen LogP contribution >= 0.6 is 11.6 Å². The number of aliphatic carboxylic acids is 1. The molecule has 8 heteroatoms. The molecule has 1 aliphatic carbocycles. The molecule has 1 aliphatic rings. The fraction of sp³-hybridized carbons (Fsp3) is 0.333. The van der Waals surface area contributed by atoms with Gasteiger partial charge in [-0.3, -0.25) is 4.79 Å². The molecule has 0 aliphatic heterocycles. The van der Waals surface area contributed by atoms with Crippen LogP contribution in [-0.4, -0.2) is 24.3 Å². The van der Waals surface area contributed by atoms with Crippen LogP contribution in [0.3, 0.4) is 0 Å². The molecule has 2 aromatic rings.